The van der Waals surface area contributed by atoms with Crippen LogP contribution in [0.3, 0.4) is 0 Å². The molecule has 8 heteroatoms. The van der Waals surface area contributed by atoms with Crippen LogP contribution in [0.25, 0.3) is 0 Å². The van der Waals surface area contributed by atoms with Crippen molar-refractivity contribution in [3.8, 4) is 11.5 Å². The van der Waals surface area contributed by atoms with Crippen molar-refractivity contribution in [3.63, 3.8) is 0 Å². The molecule has 2 aromatic carbocycles. The van der Waals surface area contributed by atoms with E-state index in [1.54, 1.807) is 12.1 Å². The molecule has 0 saturated heterocycles. The molecule has 0 radical (unpaired) electrons. The zero-order valence-corrected chi connectivity index (χ0v) is 13.8. The number of amides is 3. The van der Waals surface area contributed by atoms with Crippen LogP contribution < -0.4 is 20.1 Å². The number of fused-ring (bicyclic) bond motifs is 1. The predicted molar refractivity (Wildman–Crippen MR) is 90.4 cm³/mol. The number of carbonyl (C=O) groups is 2. The Labute approximate surface area is 147 Å². The number of imide groups is 1. The van der Waals surface area contributed by atoms with Crippen molar-refractivity contribution in [2.75, 3.05) is 18.5 Å². The fourth-order valence-electron chi connectivity index (χ4n) is 2.15. The highest BCUT2D eigenvalue weighted by atomic mass is 35.5. The van der Waals surface area contributed by atoms with Gasteiger partial charge in [-0.2, -0.15) is 0 Å². The first-order valence-corrected chi connectivity index (χ1v) is 7.75. The van der Waals surface area contributed by atoms with E-state index in [-0.39, 0.29) is 5.56 Å². The van der Waals surface area contributed by atoms with E-state index in [2.05, 4.69) is 10.6 Å². The van der Waals surface area contributed by atoms with Crippen molar-refractivity contribution in [1.29, 1.82) is 0 Å². The standard InChI is InChI=1S/C16H12Cl2N2O4/c17-10-6-11(18)8-12(7-10)19-16(22)20-15(21)9-1-2-13-14(5-9)24-4-3-23-13/h1-2,5-8H,3-4H2,(H2,19,20,21,22). The molecule has 1 aliphatic heterocycles. The maximum Gasteiger partial charge on any atom is 0.326 e. The van der Waals surface area contributed by atoms with Crippen LogP contribution in [0.4, 0.5) is 10.5 Å². The van der Waals surface area contributed by atoms with E-state index in [9.17, 15) is 9.59 Å². The molecular formula is C16H12Cl2N2O4. The molecule has 0 spiro atoms. The summed E-state index contributed by atoms with van der Waals surface area (Å²) in [6.07, 6.45) is 0. The lowest BCUT2D eigenvalue weighted by Gasteiger charge is -2.18. The molecule has 124 valence electrons. The maximum atomic E-state index is 12.1. The molecule has 0 aromatic heterocycles. The van der Waals surface area contributed by atoms with E-state index < -0.39 is 11.9 Å². The summed E-state index contributed by atoms with van der Waals surface area (Å²) in [5.74, 6) is 0.462. The van der Waals surface area contributed by atoms with Gasteiger partial charge < -0.3 is 14.8 Å². The summed E-state index contributed by atoms with van der Waals surface area (Å²) in [4.78, 5) is 24.1. The Morgan fingerprint density at radius 3 is 2.29 bits per heavy atom. The van der Waals surface area contributed by atoms with Crippen molar-refractivity contribution in [2.45, 2.75) is 0 Å². The number of hydrogen-bond donors (Lipinski definition) is 2. The lowest BCUT2D eigenvalue weighted by molar-refractivity contribution is 0.0966. The van der Waals surface area contributed by atoms with Crippen molar-refractivity contribution in [3.05, 3.63) is 52.0 Å². The molecule has 1 heterocycles. The van der Waals surface area contributed by atoms with Gasteiger partial charge in [0.1, 0.15) is 13.2 Å². The minimum absolute atomic E-state index is 0.276. The third-order valence-corrected chi connectivity index (χ3v) is 3.59. The third-order valence-electron chi connectivity index (χ3n) is 3.15. The maximum absolute atomic E-state index is 12.1. The summed E-state index contributed by atoms with van der Waals surface area (Å²) in [6, 6.07) is 8.56. The first-order valence-electron chi connectivity index (χ1n) is 6.99. The summed E-state index contributed by atoms with van der Waals surface area (Å²) in [7, 11) is 0. The summed E-state index contributed by atoms with van der Waals surface area (Å²) in [5.41, 5.74) is 0.651. The molecule has 0 saturated carbocycles. The fraction of sp³-hybridized carbons (Fsp3) is 0.125. The number of urea groups is 1. The third kappa shape index (κ3) is 3.90. The van der Waals surface area contributed by atoms with Crippen molar-refractivity contribution >= 4 is 40.8 Å². The van der Waals surface area contributed by atoms with Gasteiger partial charge in [-0.25, -0.2) is 4.79 Å². The van der Waals surface area contributed by atoms with Gasteiger partial charge in [0.15, 0.2) is 11.5 Å². The number of hydrogen-bond acceptors (Lipinski definition) is 4. The van der Waals surface area contributed by atoms with Crippen molar-refractivity contribution in [2.24, 2.45) is 0 Å². The SMILES string of the molecule is O=C(NC(=O)c1ccc2c(c1)OCCO2)Nc1cc(Cl)cc(Cl)c1. The number of ether oxygens (including phenoxy) is 2. The van der Waals surface area contributed by atoms with Crippen LogP contribution in [0.15, 0.2) is 36.4 Å². The van der Waals surface area contributed by atoms with Crippen LogP contribution in [-0.4, -0.2) is 25.2 Å². The monoisotopic (exact) mass is 366 g/mol. The van der Waals surface area contributed by atoms with Gasteiger partial charge in [-0.15, -0.1) is 0 Å². The van der Waals surface area contributed by atoms with Crippen molar-refractivity contribution in [1.82, 2.24) is 5.32 Å². The van der Waals surface area contributed by atoms with Crippen LogP contribution in [-0.2, 0) is 0 Å². The Morgan fingerprint density at radius 2 is 1.58 bits per heavy atom. The van der Waals surface area contributed by atoms with Gasteiger partial charge in [-0.05, 0) is 36.4 Å². The Balaban J connectivity index is 1.66. The van der Waals surface area contributed by atoms with E-state index in [4.69, 9.17) is 32.7 Å². The molecule has 3 rings (SSSR count). The minimum Gasteiger partial charge on any atom is -0.486 e. The molecule has 2 aromatic rings. The zero-order chi connectivity index (χ0) is 17.1. The minimum atomic E-state index is -0.701. The molecule has 0 atom stereocenters. The van der Waals surface area contributed by atoms with Gasteiger partial charge in [0.05, 0.1) is 0 Å². The molecule has 3 amide bonds. The van der Waals surface area contributed by atoms with Gasteiger partial charge in [-0.1, -0.05) is 23.2 Å². The molecule has 1 aliphatic rings. The molecule has 0 unspecified atom stereocenters. The molecule has 0 aliphatic carbocycles. The number of halogens is 2. The van der Waals surface area contributed by atoms with Crippen LogP contribution in [0, 0.1) is 0 Å². The normalized spacial score (nSPS) is 12.4. The highest BCUT2D eigenvalue weighted by Crippen LogP contribution is 2.30. The summed E-state index contributed by atoms with van der Waals surface area (Å²) < 4.78 is 10.8. The summed E-state index contributed by atoms with van der Waals surface area (Å²) >= 11 is 11.7. The second kappa shape index (κ2) is 6.98. The molecule has 0 bridgehead atoms. The molecule has 2 N–H and O–H groups in total. The average molecular weight is 367 g/mol. The van der Waals surface area contributed by atoms with E-state index in [0.29, 0.717) is 40.4 Å². The first-order chi connectivity index (χ1) is 11.5. The van der Waals surface area contributed by atoms with Crippen LogP contribution in [0.2, 0.25) is 10.0 Å². The molecule has 6 nitrogen and oxygen atoms in total. The van der Waals surface area contributed by atoms with Gasteiger partial charge in [0.2, 0.25) is 0 Å². The lowest BCUT2D eigenvalue weighted by Crippen LogP contribution is -2.34. The fourth-order valence-corrected chi connectivity index (χ4v) is 2.67. The summed E-state index contributed by atoms with van der Waals surface area (Å²) in [5, 5.41) is 5.45. The molecular weight excluding hydrogens is 355 g/mol. The second-order valence-corrected chi connectivity index (χ2v) is 5.80. The number of benzene rings is 2. The Hall–Kier alpha value is -2.44. The number of anilines is 1. The number of nitrogens with one attached hydrogen (secondary N) is 2. The highest BCUT2D eigenvalue weighted by Gasteiger charge is 2.16. The Kier molecular flexibility index (Phi) is 4.78. The van der Waals surface area contributed by atoms with Crippen LogP contribution in [0.5, 0.6) is 11.5 Å². The average Bonchev–Trinajstić information content (AvgIpc) is 2.53. The van der Waals surface area contributed by atoms with Crippen LogP contribution in [0.1, 0.15) is 10.4 Å². The van der Waals surface area contributed by atoms with E-state index in [0.717, 1.165) is 0 Å². The van der Waals surface area contributed by atoms with Crippen molar-refractivity contribution < 1.29 is 19.1 Å². The largest absolute Gasteiger partial charge is 0.486 e. The van der Waals surface area contributed by atoms with E-state index in [1.165, 1.54) is 24.3 Å². The van der Waals surface area contributed by atoms with E-state index in [1.807, 2.05) is 0 Å². The molecule has 0 fully saturated rings. The number of rotatable bonds is 2. The number of carbonyl (C=O) groups excluding carboxylic acids is 2. The Morgan fingerprint density at radius 1 is 0.917 bits per heavy atom. The summed E-state index contributed by atoms with van der Waals surface area (Å²) in [6.45, 7) is 0.872. The second-order valence-electron chi connectivity index (χ2n) is 4.92. The zero-order valence-electron chi connectivity index (χ0n) is 12.3. The lowest BCUT2D eigenvalue weighted by atomic mass is 10.2. The first kappa shape index (κ1) is 16.4. The topological polar surface area (TPSA) is 76.7 Å². The van der Waals surface area contributed by atoms with Crippen LogP contribution >= 0.6 is 23.2 Å². The van der Waals surface area contributed by atoms with Gasteiger partial charge >= 0.3 is 6.03 Å². The smallest absolute Gasteiger partial charge is 0.326 e. The molecule has 24 heavy (non-hydrogen) atoms. The quantitative estimate of drug-likeness (QED) is 0.848. The van der Waals surface area contributed by atoms with Gasteiger partial charge in [0.25, 0.3) is 5.91 Å². The highest BCUT2D eigenvalue weighted by molar-refractivity contribution is 6.35. The Bertz CT molecular complexity index is 790. The van der Waals surface area contributed by atoms with Gasteiger partial charge in [0, 0.05) is 21.3 Å². The van der Waals surface area contributed by atoms with E-state index >= 15 is 0 Å². The predicted octanol–water partition coefficient (Wildman–Crippen LogP) is 3.73. The van der Waals surface area contributed by atoms with Gasteiger partial charge in [-0.3, -0.25) is 10.1 Å².